The summed E-state index contributed by atoms with van der Waals surface area (Å²) in [6.45, 7) is 12.1. The minimum atomic E-state index is -2.37. The molecule has 0 spiro atoms. The molecule has 17 heavy (non-hydrogen) atoms. The molecule has 5 nitrogen and oxygen atoms in total. The quantitative estimate of drug-likeness (QED) is 0.442. The van der Waals surface area contributed by atoms with Crippen molar-refractivity contribution in [2.45, 2.75) is 40.2 Å². The van der Waals surface area contributed by atoms with Gasteiger partial charge in [-0.25, -0.2) is 11.2 Å². The van der Waals surface area contributed by atoms with E-state index < -0.39 is 18.4 Å². The van der Waals surface area contributed by atoms with Gasteiger partial charge in [0.15, 0.2) is 0 Å². The van der Waals surface area contributed by atoms with Crippen molar-refractivity contribution in [1.82, 2.24) is 0 Å². The predicted molar refractivity (Wildman–Crippen MR) is 73.8 cm³/mol. The van der Waals surface area contributed by atoms with Crippen molar-refractivity contribution in [2.24, 2.45) is 0 Å². The second kappa shape index (κ2) is 11.5. The summed E-state index contributed by atoms with van der Waals surface area (Å²) in [6.07, 6.45) is 0. The zero-order chi connectivity index (χ0) is 13.9. The van der Waals surface area contributed by atoms with E-state index in [4.69, 9.17) is 22.0 Å². The van der Waals surface area contributed by atoms with E-state index in [1.165, 1.54) is 0 Å². The average molecular weight is 303 g/mol. The van der Waals surface area contributed by atoms with Crippen LogP contribution >= 0.6 is 0 Å². The Balaban J connectivity index is 0. The largest absolute Gasteiger partial charge is 0.503 e. The van der Waals surface area contributed by atoms with Crippen LogP contribution in [0.5, 0.6) is 0 Å². The fourth-order valence-corrected chi connectivity index (χ4v) is 3.69. The Bertz CT molecular complexity index is 221. The van der Waals surface area contributed by atoms with Crippen LogP contribution in [0.25, 0.3) is 0 Å². The standard InChI is InChI=1S/C9H22O3Si.HO2S2/c1-6-10-13(9(4)5,11-7-2)12-8-3;1-4(2)3/h9H,6-8H2,1-5H3;(H,1,2,3)/q;-1. The molecule has 0 aromatic rings. The van der Waals surface area contributed by atoms with E-state index in [9.17, 15) is 0 Å². The lowest BCUT2D eigenvalue weighted by Crippen LogP contribution is -2.48. The molecule has 0 aromatic heterocycles. The molecule has 0 aliphatic rings. The summed E-state index contributed by atoms with van der Waals surface area (Å²) in [5.74, 6) is 0. The maximum Gasteiger partial charge on any atom is 0.503 e. The third kappa shape index (κ3) is 10.1. The summed E-state index contributed by atoms with van der Waals surface area (Å²) in [5, 5.41) is 0. The fraction of sp³-hybridized carbons (Fsp3) is 1.00. The Kier molecular flexibility index (Phi) is 13.4. The fourth-order valence-electron chi connectivity index (χ4n) is 1.23. The van der Waals surface area contributed by atoms with Gasteiger partial charge in [-0.15, -0.1) is 0 Å². The molecule has 0 heterocycles. The predicted octanol–water partition coefficient (Wildman–Crippen LogP) is 2.33. The molecule has 0 aliphatic carbocycles. The van der Waals surface area contributed by atoms with E-state index >= 15 is 0 Å². The van der Waals surface area contributed by atoms with Crippen molar-refractivity contribution in [3.63, 3.8) is 0 Å². The Morgan fingerprint density at radius 3 is 1.47 bits per heavy atom. The van der Waals surface area contributed by atoms with Crippen molar-refractivity contribution >= 4 is 29.6 Å². The number of rotatable bonds is 7. The topological polar surface area (TPSA) is 65.0 Å². The molecule has 8 heteroatoms. The highest BCUT2D eigenvalue weighted by atomic mass is 32.8. The molecule has 0 atom stereocenters. The third-order valence-electron chi connectivity index (χ3n) is 1.74. The molecule has 0 unspecified atom stereocenters. The zero-order valence-electron chi connectivity index (χ0n) is 11.1. The summed E-state index contributed by atoms with van der Waals surface area (Å²) in [5.41, 5.74) is 0.326. The van der Waals surface area contributed by atoms with E-state index in [1.54, 1.807) is 0 Å². The molecule has 0 aliphatic heterocycles. The summed E-state index contributed by atoms with van der Waals surface area (Å²) in [6, 6.07) is 0. The molecule has 1 N–H and O–H groups in total. The number of hydrogen-bond acceptors (Lipinski definition) is 6. The van der Waals surface area contributed by atoms with Crippen LogP contribution in [-0.4, -0.2) is 33.2 Å². The highest BCUT2D eigenvalue weighted by Crippen LogP contribution is 2.24. The van der Waals surface area contributed by atoms with Crippen molar-refractivity contribution in [3.8, 4) is 0 Å². The lowest BCUT2D eigenvalue weighted by Gasteiger charge is -2.31. The van der Waals surface area contributed by atoms with Crippen LogP contribution < -0.4 is 0 Å². The van der Waals surface area contributed by atoms with Gasteiger partial charge in [0.05, 0.1) is 0 Å². The van der Waals surface area contributed by atoms with Gasteiger partial charge in [0.1, 0.15) is 0 Å². The SMILES string of the molecule is CCO[Si](OCC)(OCC)C(C)C.O=[S-](O)=S. The van der Waals surface area contributed by atoms with Gasteiger partial charge in [-0.05, 0) is 20.8 Å². The Hall–Kier alpha value is 0.427. The van der Waals surface area contributed by atoms with E-state index in [1.807, 2.05) is 20.8 Å². The van der Waals surface area contributed by atoms with Crippen molar-refractivity contribution in [3.05, 3.63) is 0 Å². The van der Waals surface area contributed by atoms with E-state index in [2.05, 4.69) is 25.0 Å². The summed E-state index contributed by atoms with van der Waals surface area (Å²) >= 11 is 3.65. The highest BCUT2D eigenvalue weighted by molar-refractivity contribution is 8.18. The van der Waals surface area contributed by atoms with Crippen LogP contribution in [0.1, 0.15) is 34.6 Å². The number of hydrogen-bond donors (Lipinski definition) is 1. The lowest BCUT2D eigenvalue weighted by atomic mass is 10.6. The Morgan fingerprint density at radius 1 is 1.12 bits per heavy atom. The molecule has 0 rings (SSSR count). The molecular formula is C9H23O5S2Si-. The van der Waals surface area contributed by atoms with Gasteiger partial charge in [0.2, 0.25) is 0 Å². The van der Waals surface area contributed by atoms with Crippen LogP contribution in [0.3, 0.4) is 0 Å². The van der Waals surface area contributed by atoms with E-state index in [0.29, 0.717) is 25.4 Å². The average Bonchev–Trinajstić information content (AvgIpc) is 2.17. The van der Waals surface area contributed by atoms with Gasteiger partial charge < -0.3 is 22.0 Å². The zero-order valence-corrected chi connectivity index (χ0v) is 13.7. The molecule has 0 bridgehead atoms. The van der Waals surface area contributed by atoms with E-state index in [-0.39, 0.29) is 0 Å². The van der Waals surface area contributed by atoms with E-state index in [0.717, 1.165) is 0 Å². The smallest absolute Gasteiger partial charge is 0.459 e. The van der Waals surface area contributed by atoms with Gasteiger partial charge in [-0.1, -0.05) is 23.5 Å². The van der Waals surface area contributed by atoms with Crippen molar-refractivity contribution < 1.29 is 22.0 Å². The van der Waals surface area contributed by atoms with Gasteiger partial charge in [-0.2, -0.15) is 0 Å². The van der Waals surface area contributed by atoms with Gasteiger partial charge in [0, 0.05) is 25.4 Å². The second-order valence-corrected chi connectivity index (χ2v) is 7.79. The van der Waals surface area contributed by atoms with Gasteiger partial charge >= 0.3 is 8.80 Å². The molecule has 0 aromatic carbocycles. The van der Waals surface area contributed by atoms with Crippen LogP contribution in [0.4, 0.5) is 0 Å². The van der Waals surface area contributed by atoms with Crippen molar-refractivity contribution in [2.75, 3.05) is 19.8 Å². The van der Waals surface area contributed by atoms with Crippen LogP contribution in [0.2, 0.25) is 5.54 Å². The highest BCUT2D eigenvalue weighted by Gasteiger charge is 2.44. The first-order chi connectivity index (χ1) is 7.86. The second-order valence-electron chi connectivity index (χ2n) is 3.27. The van der Waals surface area contributed by atoms with Gasteiger partial charge in [-0.3, -0.25) is 0 Å². The first-order valence-corrected chi connectivity index (χ1v) is 9.39. The van der Waals surface area contributed by atoms with Crippen LogP contribution in [0, 0.1) is 0 Å². The minimum absolute atomic E-state index is 0.326. The third-order valence-corrected chi connectivity index (χ3v) is 5.23. The molecule has 0 saturated carbocycles. The molecule has 0 fully saturated rings. The Morgan fingerprint density at radius 2 is 1.35 bits per heavy atom. The molecular weight excluding hydrogens is 280 g/mol. The Labute approximate surface area is 112 Å². The lowest BCUT2D eigenvalue weighted by molar-refractivity contribution is 0.0641. The molecule has 0 amide bonds. The molecule has 106 valence electrons. The summed E-state index contributed by atoms with van der Waals surface area (Å²) in [4.78, 5) is 0. The minimum Gasteiger partial charge on any atom is -0.459 e. The molecule has 0 saturated heterocycles. The normalized spacial score (nSPS) is 11.5. The van der Waals surface area contributed by atoms with Gasteiger partial charge in [0.25, 0.3) is 0 Å². The molecule has 0 radical (unpaired) electrons. The van der Waals surface area contributed by atoms with Crippen LogP contribution in [-0.2, 0) is 38.3 Å². The monoisotopic (exact) mass is 303 g/mol. The maximum atomic E-state index is 8.93. The first kappa shape index (κ1) is 19.8. The maximum absolute atomic E-state index is 8.93. The summed E-state index contributed by atoms with van der Waals surface area (Å²) < 4.78 is 33.3. The summed E-state index contributed by atoms with van der Waals surface area (Å²) in [7, 11) is -4.40. The van der Waals surface area contributed by atoms with Crippen LogP contribution in [0.15, 0.2) is 0 Å². The van der Waals surface area contributed by atoms with Crippen molar-refractivity contribution in [1.29, 1.82) is 0 Å². The first-order valence-electron chi connectivity index (χ1n) is 5.56.